The van der Waals surface area contributed by atoms with Crippen molar-refractivity contribution in [2.75, 3.05) is 5.43 Å². The molecule has 0 unspecified atom stereocenters. The van der Waals surface area contributed by atoms with Crippen LogP contribution in [0.4, 0.5) is 10.2 Å². The van der Waals surface area contributed by atoms with Gasteiger partial charge in [-0.25, -0.2) is 4.39 Å². The number of anilines is 1. The van der Waals surface area contributed by atoms with Gasteiger partial charge >= 0.3 is 0 Å². The molecule has 0 saturated carbocycles. The summed E-state index contributed by atoms with van der Waals surface area (Å²) in [6.45, 7) is 1.67. The van der Waals surface area contributed by atoms with Gasteiger partial charge in [0.2, 0.25) is 0 Å². The molecule has 0 aliphatic carbocycles. The first kappa shape index (κ1) is 13.9. The van der Waals surface area contributed by atoms with Crippen LogP contribution >= 0.6 is 0 Å². The molecule has 6 heteroatoms. The second-order valence-corrected chi connectivity index (χ2v) is 4.75. The third kappa shape index (κ3) is 2.71. The standard InChI is InChI=1S/C16H13FN4O/c1-10(14-8-12(17)6-7-15(14)22)19-21-16-13-5-3-2-4-11(13)9-18-20-16/h2-9,22H,1H3,(H,20,21)/b19-10+. The van der Waals surface area contributed by atoms with Crippen molar-refractivity contribution in [3.8, 4) is 5.75 Å². The number of phenols is 1. The van der Waals surface area contributed by atoms with E-state index in [1.807, 2.05) is 24.3 Å². The lowest BCUT2D eigenvalue weighted by Gasteiger charge is -2.06. The van der Waals surface area contributed by atoms with E-state index in [4.69, 9.17) is 0 Å². The normalized spacial score (nSPS) is 11.6. The molecule has 110 valence electrons. The molecule has 1 aromatic heterocycles. The summed E-state index contributed by atoms with van der Waals surface area (Å²) >= 11 is 0. The fourth-order valence-electron chi connectivity index (χ4n) is 2.11. The van der Waals surface area contributed by atoms with Gasteiger partial charge in [0.15, 0.2) is 5.82 Å². The van der Waals surface area contributed by atoms with Crippen molar-refractivity contribution in [2.45, 2.75) is 6.92 Å². The fraction of sp³-hybridized carbons (Fsp3) is 0.0625. The molecular formula is C16H13FN4O. The Balaban J connectivity index is 1.94. The Morgan fingerprint density at radius 1 is 1.23 bits per heavy atom. The van der Waals surface area contributed by atoms with Crippen LogP contribution in [0.1, 0.15) is 12.5 Å². The van der Waals surface area contributed by atoms with Crippen LogP contribution in [0.3, 0.4) is 0 Å². The van der Waals surface area contributed by atoms with Gasteiger partial charge in [0.05, 0.1) is 11.9 Å². The van der Waals surface area contributed by atoms with Crippen LogP contribution in [0.5, 0.6) is 5.75 Å². The van der Waals surface area contributed by atoms with E-state index in [9.17, 15) is 9.50 Å². The highest BCUT2D eigenvalue weighted by Crippen LogP contribution is 2.21. The lowest BCUT2D eigenvalue weighted by atomic mass is 10.1. The largest absolute Gasteiger partial charge is 0.507 e. The number of hydrogen-bond acceptors (Lipinski definition) is 5. The molecule has 5 nitrogen and oxygen atoms in total. The second kappa shape index (κ2) is 5.77. The van der Waals surface area contributed by atoms with E-state index in [1.165, 1.54) is 18.2 Å². The van der Waals surface area contributed by atoms with Crippen LogP contribution < -0.4 is 5.43 Å². The van der Waals surface area contributed by atoms with E-state index >= 15 is 0 Å². The second-order valence-electron chi connectivity index (χ2n) is 4.75. The quantitative estimate of drug-likeness (QED) is 0.574. The molecule has 0 saturated heterocycles. The number of rotatable bonds is 3. The van der Waals surface area contributed by atoms with E-state index in [1.54, 1.807) is 13.1 Å². The summed E-state index contributed by atoms with van der Waals surface area (Å²) in [6.07, 6.45) is 1.66. The number of aromatic nitrogens is 2. The van der Waals surface area contributed by atoms with E-state index < -0.39 is 5.82 Å². The maximum Gasteiger partial charge on any atom is 0.176 e. The zero-order valence-corrected chi connectivity index (χ0v) is 11.8. The SMILES string of the molecule is C/C(=N\Nc1nncc2ccccc12)c1cc(F)ccc1O. The van der Waals surface area contributed by atoms with Gasteiger partial charge in [-0.3, -0.25) is 5.43 Å². The van der Waals surface area contributed by atoms with Gasteiger partial charge < -0.3 is 5.11 Å². The Kier molecular flexibility index (Phi) is 3.65. The minimum absolute atomic E-state index is 0.0338. The molecule has 0 aliphatic rings. The maximum atomic E-state index is 13.3. The summed E-state index contributed by atoms with van der Waals surface area (Å²) < 4.78 is 13.3. The number of fused-ring (bicyclic) bond motifs is 1. The highest BCUT2D eigenvalue weighted by molar-refractivity contribution is 6.01. The van der Waals surface area contributed by atoms with Crippen molar-refractivity contribution in [3.63, 3.8) is 0 Å². The molecule has 3 aromatic rings. The van der Waals surface area contributed by atoms with Crippen molar-refractivity contribution in [1.29, 1.82) is 0 Å². The minimum atomic E-state index is -0.438. The molecule has 2 N–H and O–H groups in total. The Morgan fingerprint density at radius 2 is 2.05 bits per heavy atom. The number of benzene rings is 2. The number of hydrogen-bond donors (Lipinski definition) is 2. The van der Waals surface area contributed by atoms with Gasteiger partial charge in [-0.2, -0.15) is 10.2 Å². The Morgan fingerprint density at radius 3 is 2.91 bits per heavy atom. The predicted octanol–water partition coefficient (Wildman–Crippen LogP) is 3.31. The highest BCUT2D eigenvalue weighted by Gasteiger charge is 2.07. The Bertz CT molecular complexity index is 858. The average Bonchev–Trinajstić information content (AvgIpc) is 2.54. The Hall–Kier alpha value is -3.02. The van der Waals surface area contributed by atoms with Crippen LogP contribution in [-0.4, -0.2) is 21.0 Å². The first-order chi connectivity index (χ1) is 10.6. The molecular weight excluding hydrogens is 283 g/mol. The smallest absolute Gasteiger partial charge is 0.176 e. The minimum Gasteiger partial charge on any atom is -0.507 e. The van der Waals surface area contributed by atoms with Gasteiger partial charge in [-0.1, -0.05) is 24.3 Å². The number of nitrogens with zero attached hydrogens (tertiary/aromatic N) is 3. The van der Waals surface area contributed by atoms with Gasteiger partial charge in [0.25, 0.3) is 0 Å². The van der Waals surface area contributed by atoms with Crippen molar-refractivity contribution >= 4 is 22.3 Å². The van der Waals surface area contributed by atoms with Crippen LogP contribution in [0.25, 0.3) is 10.8 Å². The van der Waals surface area contributed by atoms with Crippen molar-refractivity contribution in [2.24, 2.45) is 5.10 Å². The molecule has 0 bridgehead atoms. The number of aromatic hydroxyl groups is 1. The van der Waals surface area contributed by atoms with Gasteiger partial charge in [-0.15, -0.1) is 5.10 Å². The first-order valence-corrected chi connectivity index (χ1v) is 6.65. The van der Waals surface area contributed by atoms with Crippen LogP contribution in [-0.2, 0) is 0 Å². The fourth-order valence-corrected chi connectivity index (χ4v) is 2.11. The third-order valence-corrected chi connectivity index (χ3v) is 3.25. The van der Waals surface area contributed by atoms with Gasteiger partial charge in [0.1, 0.15) is 11.6 Å². The number of hydrazone groups is 1. The third-order valence-electron chi connectivity index (χ3n) is 3.25. The molecule has 0 fully saturated rings. The van der Waals surface area contributed by atoms with E-state index in [2.05, 4.69) is 20.7 Å². The summed E-state index contributed by atoms with van der Waals surface area (Å²) in [5.74, 6) is 0.0223. The Labute approximate surface area is 126 Å². The summed E-state index contributed by atoms with van der Waals surface area (Å²) in [5, 5.41) is 23.6. The zero-order chi connectivity index (χ0) is 15.5. The van der Waals surface area contributed by atoms with Gasteiger partial charge in [-0.05, 0) is 25.1 Å². The maximum absolute atomic E-state index is 13.3. The number of nitrogens with one attached hydrogen (secondary N) is 1. The predicted molar refractivity (Wildman–Crippen MR) is 83.4 cm³/mol. The molecule has 22 heavy (non-hydrogen) atoms. The topological polar surface area (TPSA) is 70.4 Å². The van der Waals surface area contributed by atoms with Crippen LogP contribution in [0, 0.1) is 5.82 Å². The van der Waals surface area contributed by atoms with E-state index in [-0.39, 0.29) is 5.75 Å². The lowest BCUT2D eigenvalue weighted by molar-refractivity contribution is 0.472. The molecule has 0 atom stereocenters. The molecule has 2 aromatic carbocycles. The van der Waals surface area contributed by atoms with E-state index in [0.29, 0.717) is 17.1 Å². The average molecular weight is 296 g/mol. The number of halogens is 1. The van der Waals surface area contributed by atoms with Crippen molar-refractivity contribution < 1.29 is 9.50 Å². The highest BCUT2D eigenvalue weighted by atomic mass is 19.1. The van der Waals surface area contributed by atoms with Crippen molar-refractivity contribution in [1.82, 2.24) is 10.2 Å². The zero-order valence-electron chi connectivity index (χ0n) is 11.8. The van der Waals surface area contributed by atoms with Crippen LogP contribution in [0.2, 0.25) is 0 Å². The molecule has 1 heterocycles. The first-order valence-electron chi connectivity index (χ1n) is 6.65. The molecule has 3 rings (SSSR count). The van der Waals surface area contributed by atoms with Gasteiger partial charge in [0, 0.05) is 16.3 Å². The summed E-state index contributed by atoms with van der Waals surface area (Å²) in [7, 11) is 0. The summed E-state index contributed by atoms with van der Waals surface area (Å²) in [5.41, 5.74) is 3.57. The molecule has 0 spiro atoms. The van der Waals surface area contributed by atoms with Crippen molar-refractivity contribution in [3.05, 3.63) is 60.0 Å². The summed E-state index contributed by atoms with van der Waals surface area (Å²) in [4.78, 5) is 0. The molecule has 0 amide bonds. The molecule has 0 aliphatic heterocycles. The van der Waals surface area contributed by atoms with Crippen LogP contribution in [0.15, 0.2) is 53.8 Å². The van der Waals surface area contributed by atoms with E-state index in [0.717, 1.165) is 10.8 Å². The summed E-state index contributed by atoms with van der Waals surface area (Å²) in [6, 6.07) is 11.3. The monoisotopic (exact) mass is 296 g/mol. The lowest BCUT2D eigenvalue weighted by Crippen LogP contribution is -2.02. The number of phenolic OH excluding ortho intramolecular Hbond substituents is 1. The molecule has 0 radical (unpaired) electrons.